The molecule has 3 aromatic carbocycles. The molecule has 0 aliphatic heterocycles. The van der Waals surface area contributed by atoms with Crippen LogP contribution in [0, 0.1) is 21.8 Å². The van der Waals surface area contributed by atoms with E-state index in [1.54, 1.807) is 0 Å². The Labute approximate surface area is 167 Å². The van der Waals surface area contributed by atoms with E-state index in [4.69, 9.17) is 0 Å². The topological polar surface area (TPSA) is 44.0 Å². The van der Waals surface area contributed by atoms with E-state index < -0.39 is 0 Å². The van der Waals surface area contributed by atoms with Gasteiger partial charge in [-0.05, 0) is 87.4 Å². The number of halogens is 1. The molecule has 0 heterocycles. The quantitative estimate of drug-likeness (QED) is 0.381. The lowest BCUT2D eigenvalue weighted by molar-refractivity contribution is 0.473. The van der Waals surface area contributed by atoms with Gasteiger partial charge in [0.15, 0.2) is 0 Å². The van der Waals surface area contributed by atoms with Crippen LogP contribution in [0.4, 0.5) is 0 Å². The summed E-state index contributed by atoms with van der Waals surface area (Å²) in [5.74, 6) is 0.204. The van der Waals surface area contributed by atoms with Gasteiger partial charge in [0.1, 0.15) is 11.8 Å². The van der Waals surface area contributed by atoms with E-state index in [1.807, 2.05) is 13.0 Å². The Hall–Kier alpha value is -2.32. The minimum atomic E-state index is 0.204. The van der Waals surface area contributed by atoms with Crippen molar-refractivity contribution in [3.05, 3.63) is 73.9 Å². The fourth-order valence-corrected chi connectivity index (χ4v) is 4.82. The van der Waals surface area contributed by atoms with Gasteiger partial charge < -0.3 is 5.11 Å². The van der Waals surface area contributed by atoms with Crippen molar-refractivity contribution in [1.82, 2.24) is 0 Å². The van der Waals surface area contributed by atoms with Gasteiger partial charge >= 0.3 is 0 Å². The second kappa shape index (κ2) is 6.44. The number of fused-ring (bicyclic) bond motifs is 3. The first-order valence-electron chi connectivity index (χ1n) is 8.72. The lowest BCUT2D eigenvalue weighted by Gasteiger charge is -2.16. The maximum absolute atomic E-state index is 10.8. The van der Waals surface area contributed by atoms with Crippen molar-refractivity contribution in [3.63, 3.8) is 0 Å². The van der Waals surface area contributed by atoms with Crippen molar-refractivity contribution in [2.45, 2.75) is 26.7 Å². The summed E-state index contributed by atoms with van der Waals surface area (Å²) in [7, 11) is 0. The van der Waals surface area contributed by atoms with Crippen molar-refractivity contribution < 1.29 is 5.11 Å². The zero-order valence-electron chi connectivity index (χ0n) is 14.7. The molecule has 0 unspecified atom stereocenters. The molecule has 1 N–H and O–H groups in total. The lowest BCUT2D eigenvalue weighted by Crippen LogP contribution is -1.96. The highest BCUT2D eigenvalue weighted by Gasteiger charge is 2.26. The third-order valence-corrected chi connectivity index (χ3v) is 6.32. The average Bonchev–Trinajstić information content (AvgIpc) is 3.04. The molecule has 0 fully saturated rings. The third kappa shape index (κ3) is 2.44. The van der Waals surface area contributed by atoms with Crippen molar-refractivity contribution in [2.75, 3.05) is 0 Å². The number of benzene rings is 3. The normalized spacial score (nSPS) is 11.8. The molecular weight excluding hydrogens is 433 g/mol. The monoisotopic (exact) mass is 451 g/mol. The number of hydrogen-bond acceptors (Lipinski definition) is 2. The van der Waals surface area contributed by atoms with Gasteiger partial charge in [0, 0.05) is 5.56 Å². The summed E-state index contributed by atoms with van der Waals surface area (Å²) >= 11 is 2.07. The number of aromatic hydroxyl groups is 1. The molecule has 1 aliphatic rings. The second-order valence-electron chi connectivity index (χ2n) is 6.70. The van der Waals surface area contributed by atoms with Crippen molar-refractivity contribution >= 4 is 22.6 Å². The Bertz CT molecular complexity index is 1090. The molecule has 0 amide bonds. The summed E-state index contributed by atoms with van der Waals surface area (Å²) in [5.41, 5.74) is 9.91. The maximum Gasteiger partial charge on any atom is 0.138 e. The molecule has 0 bridgehead atoms. The summed E-state index contributed by atoms with van der Waals surface area (Å²) in [6, 6.07) is 17.0. The van der Waals surface area contributed by atoms with Crippen LogP contribution in [-0.2, 0) is 12.8 Å². The van der Waals surface area contributed by atoms with Crippen LogP contribution in [0.25, 0.3) is 22.3 Å². The van der Waals surface area contributed by atoms with Crippen LogP contribution in [0.2, 0.25) is 0 Å². The highest BCUT2D eigenvalue weighted by atomic mass is 127. The predicted octanol–water partition coefficient (Wildman–Crippen LogP) is 5.98. The molecule has 2 nitrogen and oxygen atoms in total. The molecule has 0 aromatic heterocycles. The number of nitriles is 1. The SMILES string of the molecule is CCc1ccc(-c2cc(C)c(C#N)c(I)c2O)c2c1-c1ccccc1C2. The van der Waals surface area contributed by atoms with Crippen molar-refractivity contribution in [3.8, 4) is 34.1 Å². The van der Waals surface area contributed by atoms with E-state index >= 15 is 0 Å². The molecule has 4 rings (SSSR count). The predicted molar refractivity (Wildman–Crippen MR) is 113 cm³/mol. The Morgan fingerprint density at radius 3 is 2.62 bits per heavy atom. The molecule has 0 saturated heterocycles. The molecule has 1 aliphatic carbocycles. The molecule has 0 spiro atoms. The number of phenols is 1. The van der Waals surface area contributed by atoms with Crippen molar-refractivity contribution in [1.29, 1.82) is 5.26 Å². The largest absolute Gasteiger partial charge is 0.506 e. The smallest absolute Gasteiger partial charge is 0.138 e. The van der Waals surface area contributed by atoms with Crippen LogP contribution in [0.3, 0.4) is 0 Å². The van der Waals surface area contributed by atoms with Gasteiger partial charge in [-0.25, -0.2) is 0 Å². The average molecular weight is 451 g/mol. The summed E-state index contributed by atoms with van der Waals surface area (Å²) in [6.45, 7) is 4.11. The first kappa shape index (κ1) is 17.1. The van der Waals surface area contributed by atoms with Crippen molar-refractivity contribution in [2.24, 2.45) is 0 Å². The van der Waals surface area contributed by atoms with Gasteiger partial charge in [0.2, 0.25) is 0 Å². The van der Waals surface area contributed by atoms with Crippen LogP contribution < -0.4 is 0 Å². The van der Waals surface area contributed by atoms with E-state index in [9.17, 15) is 10.4 Å². The fraction of sp³-hybridized carbons (Fsp3) is 0.174. The minimum Gasteiger partial charge on any atom is -0.506 e. The molecule has 0 radical (unpaired) electrons. The van der Waals surface area contributed by atoms with Gasteiger partial charge in [-0.2, -0.15) is 5.26 Å². The van der Waals surface area contributed by atoms with Gasteiger partial charge in [0.05, 0.1) is 9.13 Å². The van der Waals surface area contributed by atoms with Crippen LogP contribution in [0.15, 0.2) is 42.5 Å². The minimum absolute atomic E-state index is 0.204. The number of nitrogens with zero attached hydrogens (tertiary/aromatic N) is 1. The number of rotatable bonds is 2. The number of aryl methyl sites for hydroxylation is 2. The molecule has 26 heavy (non-hydrogen) atoms. The summed E-state index contributed by atoms with van der Waals surface area (Å²) in [6.07, 6.45) is 1.86. The second-order valence-corrected chi connectivity index (χ2v) is 7.78. The van der Waals surface area contributed by atoms with E-state index in [2.05, 4.69) is 72.0 Å². The first-order valence-corrected chi connectivity index (χ1v) is 9.80. The fourth-order valence-electron chi connectivity index (χ4n) is 3.98. The van der Waals surface area contributed by atoms with Crippen LogP contribution in [0.5, 0.6) is 5.75 Å². The third-order valence-electron chi connectivity index (χ3n) is 5.27. The standard InChI is InChI=1S/C23H18INO/c1-3-14-8-9-17(18-11-15-6-4-5-7-16(15)21(14)18)19-10-13(2)20(12-25)22(24)23(19)26/h4-10,26H,3,11H2,1-2H3. The molecular formula is C23H18INO. The van der Waals surface area contributed by atoms with Gasteiger partial charge in [-0.1, -0.05) is 43.3 Å². The van der Waals surface area contributed by atoms with Gasteiger partial charge in [0.25, 0.3) is 0 Å². The summed E-state index contributed by atoms with van der Waals surface area (Å²) in [5, 5.41) is 20.2. The Balaban J connectivity index is 2.02. The highest BCUT2D eigenvalue weighted by Crippen LogP contribution is 2.46. The summed E-state index contributed by atoms with van der Waals surface area (Å²) < 4.78 is 0.629. The lowest BCUT2D eigenvalue weighted by atomic mass is 9.89. The number of phenolic OH excluding ortho intramolecular Hbond substituents is 1. The molecule has 0 atom stereocenters. The van der Waals surface area contributed by atoms with E-state index in [1.165, 1.54) is 27.8 Å². The van der Waals surface area contributed by atoms with E-state index in [0.29, 0.717) is 9.13 Å². The van der Waals surface area contributed by atoms with Crippen LogP contribution in [0.1, 0.15) is 34.7 Å². The molecule has 128 valence electrons. The van der Waals surface area contributed by atoms with Gasteiger partial charge in [-0.3, -0.25) is 0 Å². The number of hydrogen-bond donors (Lipinski definition) is 1. The van der Waals surface area contributed by atoms with E-state index in [-0.39, 0.29) is 5.75 Å². The Morgan fingerprint density at radius 1 is 1.12 bits per heavy atom. The van der Waals surface area contributed by atoms with Crippen LogP contribution in [-0.4, -0.2) is 5.11 Å². The Morgan fingerprint density at radius 2 is 1.88 bits per heavy atom. The molecule has 0 saturated carbocycles. The van der Waals surface area contributed by atoms with Gasteiger partial charge in [-0.15, -0.1) is 0 Å². The molecule has 3 aromatic rings. The zero-order chi connectivity index (χ0) is 18.4. The van der Waals surface area contributed by atoms with E-state index in [0.717, 1.165) is 29.5 Å². The molecule has 3 heteroatoms. The zero-order valence-corrected chi connectivity index (χ0v) is 16.9. The highest BCUT2D eigenvalue weighted by molar-refractivity contribution is 14.1. The Kier molecular flexibility index (Phi) is 4.24. The summed E-state index contributed by atoms with van der Waals surface area (Å²) in [4.78, 5) is 0. The van der Waals surface area contributed by atoms with Crippen LogP contribution >= 0.6 is 22.6 Å². The first-order chi connectivity index (χ1) is 12.6. The maximum atomic E-state index is 10.8.